The molecule has 7 nitrogen and oxygen atoms in total. The van der Waals surface area contributed by atoms with Crippen molar-refractivity contribution in [2.24, 2.45) is 5.92 Å². The van der Waals surface area contributed by atoms with Crippen molar-refractivity contribution in [2.45, 2.75) is 20.3 Å². The first-order valence-corrected chi connectivity index (χ1v) is 5.53. The predicted molar refractivity (Wildman–Crippen MR) is 65.5 cm³/mol. The van der Waals surface area contributed by atoms with Gasteiger partial charge in [-0.3, -0.25) is 14.9 Å². The topological polar surface area (TPSA) is 105 Å². The Labute approximate surface area is 104 Å². The minimum atomic E-state index is -0.931. The molecule has 0 amide bonds. The molecule has 1 unspecified atom stereocenters. The van der Waals surface area contributed by atoms with E-state index in [9.17, 15) is 14.9 Å². The van der Waals surface area contributed by atoms with Crippen LogP contribution < -0.4 is 5.32 Å². The molecule has 0 aliphatic carbocycles. The average Bonchev–Trinajstić information content (AvgIpc) is 2.30. The van der Waals surface area contributed by atoms with E-state index in [1.165, 1.54) is 12.3 Å². The van der Waals surface area contributed by atoms with Crippen LogP contribution in [0, 0.1) is 23.0 Å². The molecule has 0 aliphatic heterocycles. The molecule has 1 atom stereocenters. The number of nitrogens with one attached hydrogen (secondary N) is 1. The monoisotopic (exact) mass is 253 g/mol. The van der Waals surface area contributed by atoms with Crippen LogP contribution in [0.2, 0.25) is 0 Å². The predicted octanol–water partition coefficient (Wildman–Crippen LogP) is 1.82. The normalized spacial score (nSPS) is 11.9. The lowest BCUT2D eigenvalue weighted by molar-refractivity contribution is -0.384. The second kappa shape index (κ2) is 5.95. The van der Waals surface area contributed by atoms with Crippen molar-refractivity contribution in [2.75, 3.05) is 11.9 Å². The molecule has 0 saturated carbocycles. The van der Waals surface area contributed by atoms with E-state index in [-0.39, 0.29) is 18.1 Å². The highest BCUT2D eigenvalue weighted by atomic mass is 16.6. The lowest BCUT2D eigenvalue weighted by atomic mass is 10.1. The molecule has 0 aromatic carbocycles. The first-order chi connectivity index (χ1) is 8.45. The van der Waals surface area contributed by atoms with Crippen LogP contribution in [-0.2, 0) is 4.79 Å². The fourth-order valence-corrected chi connectivity index (χ4v) is 1.46. The third kappa shape index (κ3) is 3.41. The Balaban J connectivity index is 2.84. The van der Waals surface area contributed by atoms with Crippen molar-refractivity contribution in [1.82, 2.24) is 4.98 Å². The zero-order valence-corrected chi connectivity index (χ0v) is 10.2. The molecule has 0 spiro atoms. The summed E-state index contributed by atoms with van der Waals surface area (Å²) >= 11 is 0. The first-order valence-electron chi connectivity index (χ1n) is 5.53. The van der Waals surface area contributed by atoms with Gasteiger partial charge in [-0.1, -0.05) is 6.92 Å². The highest BCUT2D eigenvalue weighted by molar-refractivity contribution is 5.71. The average molecular weight is 253 g/mol. The lowest BCUT2D eigenvalue weighted by Crippen LogP contribution is -2.22. The van der Waals surface area contributed by atoms with Crippen molar-refractivity contribution in [3.05, 3.63) is 27.9 Å². The molecule has 1 aromatic heterocycles. The van der Waals surface area contributed by atoms with Crippen LogP contribution >= 0.6 is 0 Å². The van der Waals surface area contributed by atoms with Crippen molar-refractivity contribution >= 4 is 17.5 Å². The fourth-order valence-electron chi connectivity index (χ4n) is 1.46. The van der Waals surface area contributed by atoms with E-state index in [2.05, 4.69) is 10.3 Å². The minimum Gasteiger partial charge on any atom is -0.481 e. The Morgan fingerprint density at radius 1 is 1.67 bits per heavy atom. The van der Waals surface area contributed by atoms with Gasteiger partial charge in [0.2, 0.25) is 5.82 Å². The summed E-state index contributed by atoms with van der Waals surface area (Å²) in [7, 11) is 0. The molecular weight excluding hydrogens is 238 g/mol. The number of aryl methyl sites for hydroxylation is 1. The summed E-state index contributed by atoms with van der Waals surface area (Å²) < 4.78 is 0. The van der Waals surface area contributed by atoms with Gasteiger partial charge in [-0.25, -0.2) is 4.98 Å². The van der Waals surface area contributed by atoms with Crippen LogP contribution in [0.25, 0.3) is 0 Å². The molecule has 1 aromatic rings. The standard InChI is InChI=1S/C11H15N3O4/c1-3-8(11(15)16)6-13-10-9(14(17)18)4-7(2)5-12-10/h4-5,8H,3,6H2,1-2H3,(H,12,13)(H,15,16). The molecule has 0 fully saturated rings. The Kier molecular flexibility index (Phi) is 4.59. The van der Waals surface area contributed by atoms with E-state index in [1.54, 1.807) is 13.8 Å². The van der Waals surface area contributed by atoms with Crippen LogP contribution in [0.15, 0.2) is 12.3 Å². The quantitative estimate of drug-likeness (QED) is 0.591. The van der Waals surface area contributed by atoms with E-state index in [4.69, 9.17) is 5.11 Å². The van der Waals surface area contributed by atoms with Crippen molar-refractivity contribution in [3.8, 4) is 0 Å². The highest BCUT2D eigenvalue weighted by Crippen LogP contribution is 2.22. The summed E-state index contributed by atoms with van der Waals surface area (Å²) in [6.07, 6.45) is 1.94. The van der Waals surface area contributed by atoms with Gasteiger partial charge in [-0.15, -0.1) is 0 Å². The summed E-state index contributed by atoms with van der Waals surface area (Å²) in [5.74, 6) is -1.42. The number of carboxylic acid groups (broad SMARTS) is 1. The Morgan fingerprint density at radius 2 is 2.33 bits per heavy atom. The number of nitro groups is 1. The zero-order chi connectivity index (χ0) is 13.7. The largest absolute Gasteiger partial charge is 0.481 e. The SMILES string of the molecule is CCC(CNc1ncc(C)cc1[N+](=O)[O-])C(=O)O. The number of hydrogen-bond donors (Lipinski definition) is 2. The van der Waals surface area contributed by atoms with Gasteiger partial charge in [0.05, 0.1) is 10.8 Å². The van der Waals surface area contributed by atoms with E-state index >= 15 is 0 Å². The molecule has 0 aliphatic rings. The maximum atomic E-state index is 10.8. The molecule has 18 heavy (non-hydrogen) atoms. The summed E-state index contributed by atoms with van der Waals surface area (Å²) in [4.78, 5) is 25.0. The molecule has 0 saturated heterocycles. The van der Waals surface area contributed by atoms with E-state index in [1.807, 2.05) is 0 Å². The number of carbonyl (C=O) groups is 1. The number of carboxylic acids is 1. The number of aliphatic carboxylic acids is 1. The van der Waals surface area contributed by atoms with Gasteiger partial charge in [-0.05, 0) is 18.9 Å². The maximum Gasteiger partial charge on any atom is 0.311 e. The third-order valence-electron chi connectivity index (χ3n) is 2.56. The van der Waals surface area contributed by atoms with Gasteiger partial charge in [0.15, 0.2) is 0 Å². The van der Waals surface area contributed by atoms with Gasteiger partial charge in [-0.2, -0.15) is 0 Å². The van der Waals surface area contributed by atoms with Crippen molar-refractivity contribution in [1.29, 1.82) is 0 Å². The summed E-state index contributed by atoms with van der Waals surface area (Å²) in [5, 5.41) is 22.4. The van der Waals surface area contributed by atoms with Gasteiger partial charge in [0, 0.05) is 18.8 Å². The van der Waals surface area contributed by atoms with Crippen LogP contribution in [0.4, 0.5) is 11.5 Å². The van der Waals surface area contributed by atoms with Gasteiger partial charge in [0.25, 0.3) is 0 Å². The minimum absolute atomic E-state index is 0.102. The van der Waals surface area contributed by atoms with Crippen molar-refractivity contribution in [3.63, 3.8) is 0 Å². The zero-order valence-electron chi connectivity index (χ0n) is 10.2. The molecule has 2 N–H and O–H groups in total. The number of hydrogen-bond acceptors (Lipinski definition) is 5. The Bertz CT molecular complexity index is 462. The van der Waals surface area contributed by atoms with Crippen LogP contribution in [0.3, 0.4) is 0 Å². The number of nitrogens with zero attached hydrogens (tertiary/aromatic N) is 2. The molecular formula is C11H15N3O4. The second-order valence-electron chi connectivity index (χ2n) is 3.96. The van der Waals surface area contributed by atoms with Crippen LogP contribution in [-0.4, -0.2) is 27.5 Å². The first kappa shape index (κ1) is 13.9. The highest BCUT2D eigenvalue weighted by Gasteiger charge is 2.19. The molecule has 1 rings (SSSR count). The van der Waals surface area contributed by atoms with Gasteiger partial charge >= 0.3 is 11.7 Å². The molecule has 0 bridgehead atoms. The summed E-state index contributed by atoms with van der Waals surface area (Å²) in [6.45, 7) is 3.57. The van der Waals surface area contributed by atoms with E-state index in [0.717, 1.165) is 0 Å². The van der Waals surface area contributed by atoms with Crippen molar-refractivity contribution < 1.29 is 14.8 Å². The summed E-state index contributed by atoms with van der Waals surface area (Å²) in [6, 6.07) is 1.40. The lowest BCUT2D eigenvalue weighted by Gasteiger charge is -2.11. The number of rotatable bonds is 6. The Morgan fingerprint density at radius 3 is 2.83 bits per heavy atom. The maximum absolute atomic E-state index is 10.8. The number of anilines is 1. The smallest absolute Gasteiger partial charge is 0.311 e. The Hall–Kier alpha value is -2.18. The van der Waals surface area contributed by atoms with Crippen LogP contribution in [0.1, 0.15) is 18.9 Å². The van der Waals surface area contributed by atoms with Gasteiger partial charge in [0.1, 0.15) is 0 Å². The molecule has 1 heterocycles. The fraction of sp³-hybridized carbons (Fsp3) is 0.455. The van der Waals surface area contributed by atoms with E-state index in [0.29, 0.717) is 12.0 Å². The second-order valence-corrected chi connectivity index (χ2v) is 3.96. The third-order valence-corrected chi connectivity index (χ3v) is 2.56. The number of aromatic nitrogens is 1. The molecule has 7 heteroatoms. The summed E-state index contributed by atoms with van der Waals surface area (Å²) in [5.41, 5.74) is 0.535. The molecule has 0 radical (unpaired) electrons. The van der Waals surface area contributed by atoms with Gasteiger partial charge < -0.3 is 10.4 Å². The molecule has 98 valence electrons. The number of pyridine rings is 1. The van der Waals surface area contributed by atoms with E-state index < -0.39 is 16.8 Å². The van der Waals surface area contributed by atoms with Crippen LogP contribution in [0.5, 0.6) is 0 Å².